The maximum absolute atomic E-state index is 11.3. The van der Waals surface area contributed by atoms with Gasteiger partial charge in [-0.05, 0) is 6.42 Å². The smallest absolute Gasteiger partial charge is 0.197 e. The van der Waals surface area contributed by atoms with Crippen LogP contribution in [-0.4, -0.2) is 5.97 Å². The summed E-state index contributed by atoms with van der Waals surface area (Å²) in [6, 6.07) is 5.07. The molecule has 0 aliphatic carbocycles. The Morgan fingerprint density at radius 1 is 0.864 bits per heavy atom. The SMILES string of the molecule is CCCCCCCCCCCCC(C(=O)[O-])[n+]1ccccc1. The van der Waals surface area contributed by atoms with Gasteiger partial charge in [0.15, 0.2) is 18.4 Å². The first-order valence-corrected chi connectivity index (χ1v) is 8.92. The molecule has 3 heteroatoms. The lowest BCUT2D eigenvalue weighted by atomic mass is 10.0. The van der Waals surface area contributed by atoms with Crippen LogP contribution in [0.15, 0.2) is 30.6 Å². The molecule has 0 saturated heterocycles. The number of hydrogen-bond acceptors (Lipinski definition) is 2. The molecule has 0 N–H and O–H groups in total. The zero-order chi connectivity index (χ0) is 16.0. The van der Waals surface area contributed by atoms with Crippen molar-refractivity contribution in [2.75, 3.05) is 0 Å². The summed E-state index contributed by atoms with van der Waals surface area (Å²) in [5, 5.41) is 11.3. The summed E-state index contributed by atoms with van der Waals surface area (Å²) in [7, 11) is 0. The van der Waals surface area contributed by atoms with Crippen LogP contribution in [0.1, 0.15) is 83.6 Å². The molecular formula is C19H31NO2. The van der Waals surface area contributed by atoms with Gasteiger partial charge in [-0.1, -0.05) is 70.8 Å². The number of carbonyl (C=O) groups excluding carboxylic acids is 1. The second-order valence-electron chi connectivity index (χ2n) is 6.13. The van der Waals surface area contributed by atoms with Crippen LogP contribution >= 0.6 is 0 Å². The monoisotopic (exact) mass is 305 g/mol. The summed E-state index contributed by atoms with van der Waals surface area (Å²) in [5.74, 6) is -0.980. The number of nitrogens with zero attached hydrogens (tertiary/aromatic N) is 1. The Morgan fingerprint density at radius 2 is 1.36 bits per heavy atom. The van der Waals surface area contributed by atoms with Gasteiger partial charge in [-0.25, -0.2) is 0 Å². The van der Waals surface area contributed by atoms with Gasteiger partial charge in [-0.15, -0.1) is 0 Å². The van der Waals surface area contributed by atoms with Crippen molar-refractivity contribution in [1.29, 1.82) is 0 Å². The molecule has 1 heterocycles. The highest BCUT2D eigenvalue weighted by Crippen LogP contribution is 2.14. The predicted octanol–water partition coefficient (Wildman–Crippen LogP) is 3.58. The first kappa shape index (κ1) is 18.7. The number of hydrogen-bond donors (Lipinski definition) is 0. The molecule has 0 radical (unpaired) electrons. The maximum atomic E-state index is 11.3. The average molecular weight is 305 g/mol. The number of unbranched alkanes of at least 4 members (excludes halogenated alkanes) is 9. The number of carbonyl (C=O) groups is 1. The fourth-order valence-corrected chi connectivity index (χ4v) is 2.83. The number of aromatic nitrogens is 1. The third-order valence-electron chi connectivity index (χ3n) is 4.20. The first-order valence-electron chi connectivity index (χ1n) is 8.92. The standard InChI is InChI=1S/C19H31NO2/c1-2-3-4-5-6-7-8-9-10-12-15-18(19(21)22)20-16-13-11-14-17-20/h11,13-14,16-18H,2-10,12,15H2,1H3. The lowest BCUT2D eigenvalue weighted by molar-refractivity contribution is -0.716. The van der Waals surface area contributed by atoms with E-state index in [0.717, 1.165) is 12.8 Å². The molecule has 1 aromatic rings. The van der Waals surface area contributed by atoms with E-state index < -0.39 is 12.0 Å². The van der Waals surface area contributed by atoms with E-state index in [9.17, 15) is 9.90 Å². The minimum atomic E-state index is -0.980. The summed E-state index contributed by atoms with van der Waals surface area (Å²) in [4.78, 5) is 11.3. The number of aliphatic carboxylic acids is 1. The van der Waals surface area contributed by atoms with Crippen molar-refractivity contribution < 1.29 is 14.5 Å². The van der Waals surface area contributed by atoms with E-state index in [4.69, 9.17) is 0 Å². The van der Waals surface area contributed by atoms with E-state index in [0.29, 0.717) is 6.42 Å². The number of carboxylic acids is 1. The maximum Gasteiger partial charge on any atom is 0.197 e. The molecule has 1 rings (SSSR count). The molecule has 0 aliphatic rings. The van der Waals surface area contributed by atoms with E-state index in [1.807, 2.05) is 18.2 Å². The van der Waals surface area contributed by atoms with E-state index in [1.165, 1.54) is 51.4 Å². The van der Waals surface area contributed by atoms with Crippen LogP contribution < -0.4 is 9.67 Å². The molecule has 0 aliphatic heterocycles. The largest absolute Gasteiger partial charge is 0.543 e. The van der Waals surface area contributed by atoms with E-state index in [1.54, 1.807) is 17.0 Å². The first-order chi connectivity index (χ1) is 10.8. The summed E-state index contributed by atoms with van der Waals surface area (Å²) in [6.07, 6.45) is 16.9. The van der Waals surface area contributed by atoms with E-state index >= 15 is 0 Å². The van der Waals surface area contributed by atoms with Crippen LogP contribution in [0.5, 0.6) is 0 Å². The van der Waals surface area contributed by atoms with Crippen molar-refractivity contribution in [3.8, 4) is 0 Å². The van der Waals surface area contributed by atoms with Crippen LogP contribution in [0.25, 0.3) is 0 Å². The second kappa shape index (κ2) is 12.2. The molecular weight excluding hydrogens is 274 g/mol. The zero-order valence-electron chi connectivity index (χ0n) is 14.0. The molecule has 1 unspecified atom stereocenters. The van der Waals surface area contributed by atoms with E-state index in [-0.39, 0.29) is 0 Å². The molecule has 1 aromatic heterocycles. The number of rotatable bonds is 13. The highest BCUT2D eigenvalue weighted by atomic mass is 16.4. The van der Waals surface area contributed by atoms with Gasteiger partial charge in [0.2, 0.25) is 0 Å². The zero-order valence-corrected chi connectivity index (χ0v) is 14.0. The Hall–Kier alpha value is -1.38. The molecule has 0 amide bonds. The van der Waals surface area contributed by atoms with Gasteiger partial charge in [0.05, 0.1) is 0 Å². The Kier molecular flexibility index (Phi) is 10.3. The van der Waals surface area contributed by atoms with Crippen molar-refractivity contribution in [2.24, 2.45) is 0 Å². The molecule has 0 fully saturated rings. The van der Waals surface area contributed by atoms with Crippen LogP contribution in [-0.2, 0) is 4.79 Å². The lowest BCUT2D eigenvalue weighted by Gasteiger charge is -2.13. The van der Waals surface area contributed by atoms with Crippen LogP contribution in [0.3, 0.4) is 0 Å². The average Bonchev–Trinajstić information content (AvgIpc) is 2.53. The third-order valence-corrected chi connectivity index (χ3v) is 4.20. The fraction of sp³-hybridized carbons (Fsp3) is 0.684. The summed E-state index contributed by atoms with van der Waals surface area (Å²) < 4.78 is 1.74. The van der Waals surface area contributed by atoms with Gasteiger partial charge in [0, 0.05) is 18.6 Å². The minimum absolute atomic E-state index is 0.532. The summed E-state index contributed by atoms with van der Waals surface area (Å²) in [6.45, 7) is 2.24. The summed E-state index contributed by atoms with van der Waals surface area (Å²) >= 11 is 0. The highest BCUT2D eigenvalue weighted by Gasteiger charge is 2.18. The lowest BCUT2D eigenvalue weighted by Crippen LogP contribution is -2.48. The summed E-state index contributed by atoms with van der Waals surface area (Å²) in [5.41, 5.74) is 0. The van der Waals surface area contributed by atoms with Gasteiger partial charge in [-0.2, -0.15) is 4.57 Å². The fourth-order valence-electron chi connectivity index (χ4n) is 2.83. The molecule has 0 saturated carbocycles. The van der Waals surface area contributed by atoms with Crippen molar-refractivity contribution in [3.63, 3.8) is 0 Å². The molecule has 1 atom stereocenters. The molecule has 3 nitrogen and oxygen atoms in total. The molecule has 0 aromatic carbocycles. The van der Waals surface area contributed by atoms with Crippen molar-refractivity contribution in [1.82, 2.24) is 0 Å². The Balaban J connectivity index is 2.08. The van der Waals surface area contributed by atoms with Gasteiger partial charge in [0.1, 0.15) is 5.97 Å². The van der Waals surface area contributed by atoms with Gasteiger partial charge in [0.25, 0.3) is 0 Å². The Labute approximate surface area is 135 Å². The van der Waals surface area contributed by atoms with Crippen LogP contribution in [0.2, 0.25) is 0 Å². The van der Waals surface area contributed by atoms with Crippen molar-refractivity contribution in [2.45, 2.75) is 83.6 Å². The molecule has 22 heavy (non-hydrogen) atoms. The third kappa shape index (κ3) is 8.16. The van der Waals surface area contributed by atoms with Crippen molar-refractivity contribution in [3.05, 3.63) is 30.6 Å². The molecule has 0 bridgehead atoms. The molecule has 124 valence electrons. The van der Waals surface area contributed by atoms with Crippen LogP contribution in [0, 0.1) is 0 Å². The molecule has 0 spiro atoms. The quantitative estimate of drug-likeness (QED) is 0.413. The highest BCUT2D eigenvalue weighted by molar-refractivity contribution is 5.67. The van der Waals surface area contributed by atoms with Gasteiger partial charge < -0.3 is 9.90 Å². The number of carboxylic acid groups (broad SMARTS) is 1. The topological polar surface area (TPSA) is 44.0 Å². The van der Waals surface area contributed by atoms with Gasteiger partial charge >= 0.3 is 0 Å². The van der Waals surface area contributed by atoms with Crippen molar-refractivity contribution >= 4 is 5.97 Å². The predicted molar refractivity (Wildman–Crippen MR) is 87.1 cm³/mol. The normalized spacial score (nSPS) is 12.2. The second-order valence-corrected chi connectivity index (χ2v) is 6.13. The number of pyridine rings is 1. The van der Waals surface area contributed by atoms with Gasteiger partial charge in [-0.3, -0.25) is 0 Å². The Morgan fingerprint density at radius 3 is 1.86 bits per heavy atom. The van der Waals surface area contributed by atoms with Crippen LogP contribution in [0.4, 0.5) is 0 Å². The van der Waals surface area contributed by atoms with E-state index in [2.05, 4.69) is 6.92 Å². The minimum Gasteiger partial charge on any atom is -0.543 e. The Bertz CT molecular complexity index is 392.